The fourth-order valence-corrected chi connectivity index (χ4v) is 2.47. The number of nitrogens with one attached hydrogen (secondary N) is 1. The molecule has 0 aliphatic heterocycles. The topological polar surface area (TPSA) is 60.3 Å². The van der Waals surface area contributed by atoms with Crippen molar-refractivity contribution in [3.8, 4) is 5.75 Å². The molecule has 2 rings (SSSR count). The van der Waals surface area contributed by atoms with E-state index in [1.807, 2.05) is 0 Å². The SMILES string of the molecule is COc1cccn([C@@H](C)C(=O)NC2CCCC2)c1=O. The Morgan fingerprint density at radius 1 is 1.47 bits per heavy atom. The summed E-state index contributed by atoms with van der Waals surface area (Å²) in [6.45, 7) is 1.73. The minimum absolute atomic E-state index is 0.109. The van der Waals surface area contributed by atoms with Crippen molar-refractivity contribution in [2.75, 3.05) is 7.11 Å². The highest BCUT2D eigenvalue weighted by Gasteiger charge is 2.22. The highest BCUT2D eigenvalue weighted by Crippen LogP contribution is 2.18. The number of carbonyl (C=O) groups is 1. The predicted octanol–water partition coefficient (Wildman–Crippen LogP) is 1.48. The Hall–Kier alpha value is -1.78. The number of aromatic nitrogens is 1. The van der Waals surface area contributed by atoms with E-state index < -0.39 is 6.04 Å². The van der Waals surface area contributed by atoms with Crippen molar-refractivity contribution in [3.05, 3.63) is 28.7 Å². The van der Waals surface area contributed by atoms with E-state index >= 15 is 0 Å². The van der Waals surface area contributed by atoms with Crippen LogP contribution in [0.5, 0.6) is 5.75 Å². The van der Waals surface area contributed by atoms with Crippen molar-refractivity contribution in [2.24, 2.45) is 0 Å². The standard InChI is InChI=1S/C14H20N2O3/c1-10(13(17)15-11-6-3-4-7-11)16-9-5-8-12(19-2)14(16)18/h5,8-11H,3-4,6-7H2,1-2H3,(H,15,17)/t10-/m0/s1. The molecule has 1 N–H and O–H groups in total. The van der Waals surface area contributed by atoms with Crippen molar-refractivity contribution in [1.82, 2.24) is 9.88 Å². The third-order valence-corrected chi connectivity index (χ3v) is 3.66. The summed E-state index contributed by atoms with van der Waals surface area (Å²) >= 11 is 0. The van der Waals surface area contributed by atoms with E-state index in [1.165, 1.54) is 24.5 Å². The molecule has 5 heteroatoms. The van der Waals surface area contributed by atoms with Gasteiger partial charge in [0.25, 0.3) is 5.56 Å². The number of amides is 1. The summed E-state index contributed by atoms with van der Waals surface area (Å²) in [6, 6.07) is 3.04. The number of methoxy groups -OCH3 is 1. The third-order valence-electron chi connectivity index (χ3n) is 3.66. The lowest BCUT2D eigenvalue weighted by Crippen LogP contribution is -2.40. The second-order valence-corrected chi connectivity index (χ2v) is 4.95. The first kappa shape index (κ1) is 13.6. The second-order valence-electron chi connectivity index (χ2n) is 4.95. The molecule has 1 aliphatic rings. The molecule has 19 heavy (non-hydrogen) atoms. The molecule has 104 valence electrons. The molecule has 1 aromatic rings. The molecule has 1 atom stereocenters. The number of rotatable bonds is 4. The van der Waals surface area contributed by atoms with Crippen LogP contribution in [0, 0.1) is 0 Å². The van der Waals surface area contributed by atoms with Gasteiger partial charge >= 0.3 is 0 Å². The third kappa shape index (κ3) is 2.97. The molecule has 5 nitrogen and oxygen atoms in total. The predicted molar refractivity (Wildman–Crippen MR) is 72.4 cm³/mol. The maximum Gasteiger partial charge on any atom is 0.293 e. The van der Waals surface area contributed by atoms with Crippen molar-refractivity contribution in [1.29, 1.82) is 0 Å². The Labute approximate surface area is 112 Å². The van der Waals surface area contributed by atoms with Crippen LogP contribution < -0.4 is 15.6 Å². The van der Waals surface area contributed by atoms with Crippen molar-refractivity contribution >= 4 is 5.91 Å². The van der Waals surface area contributed by atoms with E-state index in [2.05, 4.69) is 5.32 Å². The van der Waals surface area contributed by atoms with Crippen LogP contribution >= 0.6 is 0 Å². The molecule has 1 saturated carbocycles. The number of ether oxygens (including phenoxy) is 1. The zero-order chi connectivity index (χ0) is 13.8. The van der Waals surface area contributed by atoms with E-state index in [0.29, 0.717) is 0 Å². The molecular weight excluding hydrogens is 244 g/mol. The van der Waals surface area contributed by atoms with Crippen LogP contribution in [-0.4, -0.2) is 23.6 Å². The van der Waals surface area contributed by atoms with Gasteiger partial charge in [-0.2, -0.15) is 0 Å². The first-order valence-electron chi connectivity index (χ1n) is 6.69. The van der Waals surface area contributed by atoms with Crippen LogP contribution in [0.15, 0.2) is 23.1 Å². The smallest absolute Gasteiger partial charge is 0.293 e. The Kier molecular flexibility index (Phi) is 4.24. The van der Waals surface area contributed by atoms with Gasteiger partial charge in [-0.25, -0.2) is 0 Å². The van der Waals surface area contributed by atoms with Gasteiger partial charge in [0.15, 0.2) is 5.75 Å². The molecule has 1 amide bonds. The van der Waals surface area contributed by atoms with Gasteiger partial charge in [0.05, 0.1) is 7.11 Å². The lowest BCUT2D eigenvalue weighted by atomic mass is 10.2. The molecule has 1 aliphatic carbocycles. The molecule has 1 heterocycles. The Morgan fingerprint density at radius 2 is 2.16 bits per heavy atom. The first-order valence-corrected chi connectivity index (χ1v) is 6.69. The fourth-order valence-electron chi connectivity index (χ4n) is 2.47. The monoisotopic (exact) mass is 264 g/mol. The minimum Gasteiger partial charge on any atom is -0.491 e. The van der Waals surface area contributed by atoms with Gasteiger partial charge in [-0.05, 0) is 31.9 Å². The van der Waals surface area contributed by atoms with Crippen LogP contribution in [0.1, 0.15) is 38.6 Å². The van der Waals surface area contributed by atoms with Gasteiger partial charge in [0.1, 0.15) is 6.04 Å². The van der Waals surface area contributed by atoms with E-state index in [0.717, 1.165) is 12.8 Å². The molecular formula is C14H20N2O3. The summed E-state index contributed by atoms with van der Waals surface area (Å²) in [6.07, 6.45) is 6.01. The Bertz CT molecular complexity index is 504. The van der Waals surface area contributed by atoms with Crippen molar-refractivity contribution in [3.63, 3.8) is 0 Å². The zero-order valence-electron chi connectivity index (χ0n) is 11.4. The summed E-state index contributed by atoms with van der Waals surface area (Å²) in [5.74, 6) is 0.144. The summed E-state index contributed by atoms with van der Waals surface area (Å²) < 4.78 is 6.39. The van der Waals surface area contributed by atoms with Crippen LogP contribution in [0.25, 0.3) is 0 Å². The number of nitrogens with zero attached hydrogens (tertiary/aromatic N) is 1. The number of carbonyl (C=O) groups excluding carboxylic acids is 1. The fraction of sp³-hybridized carbons (Fsp3) is 0.571. The second kappa shape index (κ2) is 5.91. The minimum atomic E-state index is -0.525. The van der Waals surface area contributed by atoms with Crippen LogP contribution in [0.4, 0.5) is 0 Å². The van der Waals surface area contributed by atoms with Crippen LogP contribution in [0.2, 0.25) is 0 Å². The number of pyridine rings is 1. The van der Waals surface area contributed by atoms with E-state index in [9.17, 15) is 9.59 Å². The molecule has 0 aromatic carbocycles. The van der Waals surface area contributed by atoms with Gasteiger partial charge in [0.2, 0.25) is 5.91 Å². The molecule has 1 aromatic heterocycles. The van der Waals surface area contributed by atoms with Gasteiger partial charge in [0, 0.05) is 12.2 Å². The van der Waals surface area contributed by atoms with Gasteiger partial charge in [-0.3, -0.25) is 9.59 Å². The average Bonchev–Trinajstić information content (AvgIpc) is 2.91. The molecule has 0 saturated heterocycles. The highest BCUT2D eigenvalue weighted by atomic mass is 16.5. The quantitative estimate of drug-likeness (QED) is 0.896. The maximum atomic E-state index is 12.1. The lowest BCUT2D eigenvalue weighted by molar-refractivity contribution is -0.124. The zero-order valence-corrected chi connectivity index (χ0v) is 11.4. The average molecular weight is 264 g/mol. The summed E-state index contributed by atoms with van der Waals surface area (Å²) in [7, 11) is 1.45. The number of hydrogen-bond donors (Lipinski definition) is 1. The summed E-state index contributed by atoms with van der Waals surface area (Å²) in [5.41, 5.74) is -0.279. The number of hydrogen-bond acceptors (Lipinski definition) is 3. The van der Waals surface area contributed by atoms with Gasteiger partial charge in [-0.15, -0.1) is 0 Å². The molecule has 0 radical (unpaired) electrons. The first-order chi connectivity index (χ1) is 9.13. The molecule has 0 unspecified atom stereocenters. The van der Waals surface area contributed by atoms with Crippen molar-refractivity contribution in [2.45, 2.75) is 44.7 Å². The maximum absolute atomic E-state index is 12.1. The highest BCUT2D eigenvalue weighted by molar-refractivity contribution is 5.80. The van der Waals surface area contributed by atoms with Crippen molar-refractivity contribution < 1.29 is 9.53 Å². The summed E-state index contributed by atoms with van der Waals surface area (Å²) in [4.78, 5) is 24.2. The van der Waals surface area contributed by atoms with Crippen LogP contribution in [0.3, 0.4) is 0 Å². The van der Waals surface area contributed by atoms with Gasteiger partial charge < -0.3 is 14.6 Å². The molecule has 0 spiro atoms. The van der Waals surface area contributed by atoms with Gasteiger partial charge in [-0.1, -0.05) is 12.8 Å². The largest absolute Gasteiger partial charge is 0.491 e. The van der Waals surface area contributed by atoms with E-state index in [-0.39, 0.29) is 23.3 Å². The van der Waals surface area contributed by atoms with E-state index in [1.54, 1.807) is 25.3 Å². The molecule has 0 bridgehead atoms. The Morgan fingerprint density at radius 3 is 2.79 bits per heavy atom. The summed E-state index contributed by atoms with van der Waals surface area (Å²) in [5, 5.41) is 3.00. The normalized spacial score (nSPS) is 17.2. The van der Waals surface area contributed by atoms with E-state index in [4.69, 9.17) is 4.74 Å². The van der Waals surface area contributed by atoms with Crippen LogP contribution in [-0.2, 0) is 4.79 Å². The molecule has 1 fully saturated rings. The lowest BCUT2D eigenvalue weighted by Gasteiger charge is -2.18. The Balaban J connectivity index is 2.12.